The van der Waals surface area contributed by atoms with Crippen molar-refractivity contribution in [1.29, 1.82) is 5.26 Å². The molecule has 1 aromatic carbocycles. The summed E-state index contributed by atoms with van der Waals surface area (Å²) in [5.41, 5.74) is 2.37. The number of nitrogens with zero attached hydrogens (tertiary/aromatic N) is 1. The van der Waals surface area contributed by atoms with Crippen LogP contribution in [0.2, 0.25) is 0 Å². The predicted molar refractivity (Wildman–Crippen MR) is 63.2 cm³/mol. The zero-order chi connectivity index (χ0) is 11.6. The highest BCUT2D eigenvalue weighted by molar-refractivity contribution is 5.60. The van der Waals surface area contributed by atoms with Crippen LogP contribution in [0.3, 0.4) is 0 Å². The maximum Gasteiger partial charge on any atom is 0.101 e. The van der Waals surface area contributed by atoms with Crippen LogP contribution in [0, 0.1) is 18.3 Å². The SMILES string of the molecule is Cc1ccc(NC2(CO)CCC2)c(C#N)c1. The minimum atomic E-state index is -0.194. The van der Waals surface area contributed by atoms with Crippen molar-refractivity contribution in [1.82, 2.24) is 0 Å². The molecule has 0 heterocycles. The molecule has 0 aromatic heterocycles. The predicted octanol–water partition coefficient (Wildman–Crippen LogP) is 2.19. The molecule has 0 saturated heterocycles. The van der Waals surface area contributed by atoms with Crippen molar-refractivity contribution in [3.63, 3.8) is 0 Å². The minimum absolute atomic E-state index is 0.131. The molecule has 84 valence electrons. The first-order chi connectivity index (χ1) is 7.69. The van der Waals surface area contributed by atoms with Crippen LogP contribution in [-0.2, 0) is 0 Å². The molecule has 16 heavy (non-hydrogen) atoms. The Kier molecular flexibility index (Phi) is 2.84. The smallest absolute Gasteiger partial charge is 0.101 e. The summed E-state index contributed by atoms with van der Waals surface area (Å²) in [5.74, 6) is 0. The number of nitrogens with one attached hydrogen (secondary N) is 1. The summed E-state index contributed by atoms with van der Waals surface area (Å²) in [6, 6.07) is 7.95. The molecule has 0 atom stereocenters. The molecule has 0 aliphatic heterocycles. The van der Waals surface area contributed by atoms with Gasteiger partial charge in [-0.15, -0.1) is 0 Å². The molecule has 1 aromatic rings. The van der Waals surface area contributed by atoms with Gasteiger partial charge in [-0.05, 0) is 43.9 Å². The van der Waals surface area contributed by atoms with Gasteiger partial charge in [-0.1, -0.05) is 6.07 Å². The number of aliphatic hydroxyl groups is 1. The summed E-state index contributed by atoms with van der Waals surface area (Å²) < 4.78 is 0. The Morgan fingerprint density at radius 1 is 1.50 bits per heavy atom. The third-order valence-corrected chi connectivity index (χ3v) is 3.31. The molecule has 1 saturated carbocycles. The Labute approximate surface area is 95.7 Å². The van der Waals surface area contributed by atoms with Crippen LogP contribution < -0.4 is 5.32 Å². The van der Waals surface area contributed by atoms with E-state index in [0.29, 0.717) is 5.56 Å². The van der Waals surface area contributed by atoms with E-state index >= 15 is 0 Å². The average molecular weight is 216 g/mol. The van der Waals surface area contributed by atoms with E-state index in [-0.39, 0.29) is 12.1 Å². The first-order valence-electron chi connectivity index (χ1n) is 5.59. The second-order valence-corrected chi connectivity index (χ2v) is 4.58. The molecular weight excluding hydrogens is 200 g/mol. The Morgan fingerprint density at radius 2 is 2.25 bits per heavy atom. The number of hydrogen-bond acceptors (Lipinski definition) is 3. The van der Waals surface area contributed by atoms with E-state index in [1.807, 2.05) is 25.1 Å². The molecule has 2 rings (SSSR count). The normalized spacial score (nSPS) is 17.3. The largest absolute Gasteiger partial charge is 0.394 e. The Hall–Kier alpha value is -1.53. The molecule has 0 spiro atoms. The number of nitriles is 1. The number of benzene rings is 1. The molecule has 0 radical (unpaired) electrons. The summed E-state index contributed by atoms with van der Waals surface area (Å²) in [4.78, 5) is 0. The van der Waals surface area contributed by atoms with Crippen molar-refractivity contribution < 1.29 is 5.11 Å². The molecule has 1 aliphatic rings. The van der Waals surface area contributed by atoms with Crippen LogP contribution in [0.15, 0.2) is 18.2 Å². The van der Waals surface area contributed by atoms with Crippen LogP contribution in [-0.4, -0.2) is 17.3 Å². The topological polar surface area (TPSA) is 56.0 Å². The summed E-state index contributed by atoms with van der Waals surface area (Å²) in [6.07, 6.45) is 3.09. The first kappa shape index (κ1) is 11.0. The second-order valence-electron chi connectivity index (χ2n) is 4.58. The van der Waals surface area contributed by atoms with Gasteiger partial charge in [-0.25, -0.2) is 0 Å². The van der Waals surface area contributed by atoms with Crippen molar-refractivity contribution in [2.75, 3.05) is 11.9 Å². The van der Waals surface area contributed by atoms with Crippen molar-refractivity contribution in [2.45, 2.75) is 31.7 Å². The van der Waals surface area contributed by atoms with Crippen LogP contribution in [0.25, 0.3) is 0 Å². The molecule has 2 N–H and O–H groups in total. The van der Waals surface area contributed by atoms with E-state index in [0.717, 1.165) is 30.5 Å². The third-order valence-electron chi connectivity index (χ3n) is 3.31. The van der Waals surface area contributed by atoms with Gasteiger partial charge in [0.25, 0.3) is 0 Å². The van der Waals surface area contributed by atoms with Gasteiger partial charge in [0.2, 0.25) is 0 Å². The summed E-state index contributed by atoms with van der Waals surface area (Å²) >= 11 is 0. The highest BCUT2D eigenvalue weighted by Crippen LogP contribution is 2.35. The standard InChI is InChI=1S/C13H16N2O/c1-10-3-4-12(11(7-10)8-14)15-13(9-16)5-2-6-13/h3-4,7,15-16H,2,5-6,9H2,1H3. The monoisotopic (exact) mass is 216 g/mol. The number of rotatable bonds is 3. The second kappa shape index (κ2) is 4.15. The van der Waals surface area contributed by atoms with E-state index in [1.165, 1.54) is 0 Å². The lowest BCUT2D eigenvalue weighted by Gasteiger charge is -2.42. The maximum atomic E-state index is 9.37. The van der Waals surface area contributed by atoms with Gasteiger partial charge in [0.1, 0.15) is 6.07 Å². The molecule has 3 nitrogen and oxygen atoms in total. The van der Waals surface area contributed by atoms with Gasteiger partial charge in [-0.2, -0.15) is 5.26 Å². The Bertz CT molecular complexity index is 425. The molecule has 0 amide bonds. The fourth-order valence-electron chi connectivity index (χ4n) is 2.07. The van der Waals surface area contributed by atoms with Gasteiger partial charge >= 0.3 is 0 Å². The fraction of sp³-hybridized carbons (Fsp3) is 0.462. The fourth-order valence-corrected chi connectivity index (χ4v) is 2.07. The van der Waals surface area contributed by atoms with Gasteiger partial charge in [-0.3, -0.25) is 0 Å². The lowest BCUT2D eigenvalue weighted by molar-refractivity contribution is 0.144. The van der Waals surface area contributed by atoms with E-state index in [4.69, 9.17) is 5.26 Å². The lowest BCUT2D eigenvalue weighted by atomic mass is 9.77. The van der Waals surface area contributed by atoms with Crippen molar-refractivity contribution in [3.8, 4) is 6.07 Å². The van der Waals surface area contributed by atoms with E-state index < -0.39 is 0 Å². The average Bonchev–Trinajstić information content (AvgIpc) is 2.25. The molecule has 0 unspecified atom stereocenters. The van der Waals surface area contributed by atoms with Crippen LogP contribution in [0.4, 0.5) is 5.69 Å². The molecular formula is C13H16N2O. The number of hydrogen-bond donors (Lipinski definition) is 2. The number of anilines is 1. The first-order valence-corrected chi connectivity index (χ1v) is 5.59. The highest BCUT2D eigenvalue weighted by Gasteiger charge is 2.36. The molecule has 1 fully saturated rings. The quantitative estimate of drug-likeness (QED) is 0.814. The van der Waals surface area contributed by atoms with Crippen LogP contribution in [0.5, 0.6) is 0 Å². The zero-order valence-corrected chi connectivity index (χ0v) is 9.45. The van der Waals surface area contributed by atoms with Crippen LogP contribution in [0.1, 0.15) is 30.4 Å². The minimum Gasteiger partial charge on any atom is -0.394 e. The molecule has 3 heteroatoms. The number of aryl methyl sites for hydroxylation is 1. The summed E-state index contributed by atoms with van der Waals surface area (Å²) in [5, 5.41) is 21.7. The summed E-state index contributed by atoms with van der Waals surface area (Å²) in [6.45, 7) is 2.10. The Morgan fingerprint density at radius 3 is 2.75 bits per heavy atom. The van der Waals surface area contributed by atoms with Gasteiger partial charge < -0.3 is 10.4 Å². The third kappa shape index (κ3) is 1.89. The summed E-state index contributed by atoms with van der Waals surface area (Å²) in [7, 11) is 0. The van der Waals surface area contributed by atoms with Gasteiger partial charge in [0.15, 0.2) is 0 Å². The zero-order valence-electron chi connectivity index (χ0n) is 9.45. The maximum absolute atomic E-state index is 9.37. The lowest BCUT2D eigenvalue weighted by Crippen LogP contribution is -2.48. The van der Waals surface area contributed by atoms with E-state index in [2.05, 4.69) is 11.4 Å². The molecule has 1 aliphatic carbocycles. The van der Waals surface area contributed by atoms with E-state index in [9.17, 15) is 5.11 Å². The van der Waals surface area contributed by atoms with Crippen molar-refractivity contribution in [2.24, 2.45) is 0 Å². The van der Waals surface area contributed by atoms with Gasteiger partial charge in [0, 0.05) is 0 Å². The number of aliphatic hydroxyl groups excluding tert-OH is 1. The molecule has 0 bridgehead atoms. The highest BCUT2D eigenvalue weighted by atomic mass is 16.3. The van der Waals surface area contributed by atoms with Crippen LogP contribution >= 0.6 is 0 Å². The van der Waals surface area contributed by atoms with Gasteiger partial charge in [0.05, 0.1) is 23.4 Å². The Balaban J connectivity index is 2.24. The van der Waals surface area contributed by atoms with Crippen molar-refractivity contribution >= 4 is 5.69 Å². The van der Waals surface area contributed by atoms with Crippen molar-refractivity contribution in [3.05, 3.63) is 29.3 Å². The van der Waals surface area contributed by atoms with E-state index in [1.54, 1.807) is 0 Å².